The Morgan fingerprint density at radius 3 is 2.70 bits per heavy atom. The molecule has 0 aliphatic heterocycles. The number of benzene rings is 1. The minimum Gasteiger partial charge on any atom is -0.494 e. The first-order valence-electron chi connectivity index (χ1n) is 12.0. The Kier molecular flexibility index (Phi) is 6.55. The molecule has 1 aliphatic carbocycles. The largest absolute Gasteiger partial charge is 0.494 e. The Hall–Kier alpha value is -4.72. The normalized spacial score (nSPS) is 16.5. The Morgan fingerprint density at radius 2 is 2.00 bits per heavy atom. The molecule has 11 nitrogen and oxygen atoms in total. The summed E-state index contributed by atoms with van der Waals surface area (Å²) in [4.78, 5) is 21.5. The van der Waals surface area contributed by atoms with E-state index in [4.69, 9.17) is 10.00 Å². The number of anilines is 4. The van der Waals surface area contributed by atoms with Gasteiger partial charge in [0.05, 0.1) is 47.6 Å². The third kappa shape index (κ3) is 4.86. The summed E-state index contributed by atoms with van der Waals surface area (Å²) in [6, 6.07) is 11.8. The van der Waals surface area contributed by atoms with Crippen LogP contribution in [0.2, 0.25) is 0 Å². The van der Waals surface area contributed by atoms with Crippen molar-refractivity contribution in [3.8, 4) is 23.2 Å². The van der Waals surface area contributed by atoms with Crippen molar-refractivity contribution in [3.05, 3.63) is 54.6 Å². The van der Waals surface area contributed by atoms with Crippen LogP contribution in [0, 0.1) is 17.2 Å². The molecule has 0 radical (unpaired) electrons. The molecule has 0 amide bonds. The number of carbonyl (C=O) groups excluding carboxylic acids is 1. The second-order valence-electron chi connectivity index (χ2n) is 8.90. The lowest BCUT2D eigenvalue weighted by molar-refractivity contribution is 0.0988. The van der Waals surface area contributed by atoms with Gasteiger partial charge in [0.2, 0.25) is 0 Å². The highest BCUT2D eigenvalue weighted by Gasteiger charge is 2.31. The molecular formula is C26H27N9O2. The summed E-state index contributed by atoms with van der Waals surface area (Å²) in [6.45, 7) is 1.82. The lowest BCUT2D eigenvalue weighted by Gasteiger charge is -2.30. The lowest BCUT2D eigenvalue weighted by Crippen LogP contribution is -2.26. The first kappa shape index (κ1) is 24.0. The molecule has 0 bridgehead atoms. The average molecular weight is 498 g/mol. The third-order valence-corrected chi connectivity index (χ3v) is 6.39. The predicted octanol–water partition coefficient (Wildman–Crippen LogP) is 4.64. The minimum absolute atomic E-state index is 0.0376. The van der Waals surface area contributed by atoms with Crippen LogP contribution in [0.1, 0.15) is 42.6 Å². The summed E-state index contributed by atoms with van der Waals surface area (Å²) in [6.07, 6.45) is 7.05. The van der Waals surface area contributed by atoms with Gasteiger partial charge < -0.3 is 15.4 Å². The van der Waals surface area contributed by atoms with Crippen LogP contribution in [0.25, 0.3) is 11.4 Å². The predicted molar refractivity (Wildman–Crippen MR) is 138 cm³/mol. The van der Waals surface area contributed by atoms with Gasteiger partial charge in [-0.2, -0.15) is 15.5 Å². The number of nitriles is 1. The van der Waals surface area contributed by atoms with Gasteiger partial charge in [-0.15, -0.1) is 0 Å². The quantitative estimate of drug-likeness (QED) is 0.317. The number of pyridine rings is 1. The van der Waals surface area contributed by atoms with Crippen LogP contribution in [-0.2, 0) is 7.05 Å². The Morgan fingerprint density at radius 1 is 1.16 bits per heavy atom. The fourth-order valence-electron chi connectivity index (χ4n) is 4.33. The molecule has 1 fully saturated rings. The van der Waals surface area contributed by atoms with E-state index >= 15 is 0 Å². The van der Waals surface area contributed by atoms with Gasteiger partial charge in [-0.25, -0.2) is 9.97 Å². The van der Waals surface area contributed by atoms with Gasteiger partial charge in [-0.1, -0.05) is 13.0 Å². The first-order chi connectivity index (χ1) is 18.0. The average Bonchev–Trinajstić information content (AvgIpc) is 3.52. The fourth-order valence-corrected chi connectivity index (χ4v) is 4.33. The summed E-state index contributed by atoms with van der Waals surface area (Å²) < 4.78 is 9.23. The molecule has 4 aromatic rings. The fraction of sp³-hybridized carbons (Fsp3) is 0.308. The smallest absolute Gasteiger partial charge is 0.184 e. The molecular weight excluding hydrogens is 470 g/mol. The first-order valence-corrected chi connectivity index (χ1v) is 12.0. The second-order valence-corrected chi connectivity index (χ2v) is 8.90. The number of Topliss-reactive ketones (excluding diaryl/α,β-unsaturated/α-hetero) is 1. The van der Waals surface area contributed by atoms with Crippen molar-refractivity contribution in [1.82, 2.24) is 29.5 Å². The van der Waals surface area contributed by atoms with Crippen molar-refractivity contribution in [3.63, 3.8) is 0 Å². The highest BCUT2D eigenvalue weighted by atomic mass is 16.5. The van der Waals surface area contributed by atoms with Crippen molar-refractivity contribution in [1.29, 1.82) is 5.26 Å². The zero-order chi connectivity index (χ0) is 25.9. The van der Waals surface area contributed by atoms with Gasteiger partial charge in [0, 0.05) is 38.0 Å². The molecule has 11 heteroatoms. The number of rotatable bonds is 9. The number of hydrogen-bond acceptors (Lipinski definition) is 9. The van der Waals surface area contributed by atoms with E-state index in [1.807, 2.05) is 42.1 Å². The number of para-hydroxylation sites is 1. The topological polar surface area (TPSA) is 136 Å². The van der Waals surface area contributed by atoms with Gasteiger partial charge in [0.15, 0.2) is 23.2 Å². The van der Waals surface area contributed by atoms with Crippen molar-refractivity contribution >= 4 is 28.8 Å². The van der Waals surface area contributed by atoms with Gasteiger partial charge in [-0.3, -0.25) is 14.2 Å². The molecule has 0 unspecified atom stereocenters. The van der Waals surface area contributed by atoms with Crippen LogP contribution in [0.4, 0.5) is 23.0 Å². The van der Waals surface area contributed by atoms with Crippen LogP contribution in [-0.4, -0.2) is 42.4 Å². The van der Waals surface area contributed by atoms with E-state index in [0.29, 0.717) is 46.6 Å². The number of ketones is 1. The number of hydrogen-bond donors (Lipinski definition) is 2. The molecule has 0 spiro atoms. The van der Waals surface area contributed by atoms with Crippen molar-refractivity contribution in [2.45, 2.75) is 32.2 Å². The Bertz CT molecular complexity index is 1480. The number of nitrogens with one attached hydrogen (secondary N) is 2. The number of ether oxygens (including phenoxy) is 1. The van der Waals surface area contributed by atoms with E-state index in [2.05, 4.69) is 36.9 Å². The Balaban J connectivity index is 1.43. The van der Waals surface area contributed by atoms with E-state index in [0.717, 1.165) is 18.4 Å². The molecule has 0 atom stereocenters. The highest BCUT2D eigenvalue weighted by molar-refractivity contribution is 6.02. The van der Waals surface area contributed by atoms with Gasteiger partial charge >= 0.3 is 0 Å². The maximum atomic E-state index is 12.7. The van der Waals surface area contributed by atoms with E-state index in [-0.39, 0.29) is 17.7 Å². The summed E-state index contributed by atoms with van der Waals surface area (Å²) in [7, 11) is 3.39. The molecule has 1 aliphatic rings. The van der Waals surface area contributed by atoms with Crippen molar-refractivity contribution in [2.24, 2.45) is 13.0 Å². The molecule has 2 N–H and O–H groups in total. The van der Waals surface area contributed by atoms with E-state index in [1.165, 1.54) is 0 Å². The molecule has 188 valence electrons. The maximum Gasteiger partial charge on any atom is 0.184 e. The van der Waals surface area contributed by atoms with Gasteiger partial charge in [0.1, 0.15) is 12.1 Å². The molecule has 1 aromatic carbocycles. The molecule has 5 rings (SSSR count). The molecule has 3 aromatic heterocycles. The number of carbonyl (C=O) groups is 1. The van der Waals surface area contributed by atoms with Crippen LogP contribution < -0.4 is 15.4 Å². The standard InChI is InChI=1S/C26H27N9O2/c1-4-22(36)19-14-28-24(31-23-8-9-35(32-23)17-10-16(11-17)13-27)12-21(19)30-20-7-5-6-18(25(20)37-3)26-29-15-34(2)33-26/h5-9,12,14-17H,4,10-11H2,1-3H3,(H2,28,30,31,32). The van der Waals surface area contributed by atoms with Crippen molar-refractivity contribution < 1.29 is 9.53 Å². The van der Waals surface area contributed by atoms with Gasteiger partial charge in [0.25, 0.3) is 0 Å². The summed E-state index contributed by atoms with van der Waals surface area (Å²) in [5, 5.41) is 24.6. The Labute approximate surface area is 214 Å². The summed E-state index contributed by atoms with van der Waals surface area (Å²) >= 11 is 0. The molecule has 1 saturated carbocycles. The number of methoxy groups -OCH3 is 1. The van der Waals surface area contributed by atoms with E-state index < -0.39 is 0 Å². The van der Waals surface area contributed by atoms with Crippen LogP contribution in [0.3, 0.4) is 0 Å². The monoisotopic (exact) mass is 497 g/mol. The van der Waals surface area contributed by atoms with Gasteiger partial charge in [-0.05, 0) is 25.0 Å². The number of aryl methyl sites for hydroxylation is 1. The second kappa shape index (κ2) is 10.1. The number of aromatic nitrogens is 6. The van der Waals surface area contributed by atoms with E-state index in [1.54, 1.807) is 37.4 Å². The van der Waals surface area contributed by atoms with Crippen LogP contribution >= 0.6 is 0 Å². The molecule has 3 heterocycles. The third-order valence-electron chi connectivity index (χ3n) is 6.39. The molecule has 37 heavy (non-hydrogen) atoms. The lowest BCUT2D eigenvalue weighted by atomic mass is 9.81. The van der Waals surface area contributed by atoms with Crippen molar-refractivity contribution in [2.75, 3.05) is 17.7 Å². The highest BCUT2D eigenvalue weighted by Crippen LogP contribution is 2.38. The summed E-state index contributed by atoms with van der Waals surface area (Å²) in [5.41, 5.74) is 2.45. The van der Waals surface area contributed by atoms with Crippen LogP contribution in [0.5, 0.6) is 5.75 Å². The maximum absolute atomic E-state index is 12.7. The number of nitrogens with zero attached hydrogens (tertiary/aromatic N) is 7. The zero-order valence-electron chi connectivity index (χ0n) is 20.8. The SMILES string of the molecule is CCC(=O)c1cnc(Nc2ccn(C3CC(C#N)C3)n2)cc1Nc1cccc(-c2ncn(C)n2)c1OC. The molecule has 0 saturated heterocycles. The zero-order valence-corrected chi connectivity index (χ0v) is 20.8. The summed E-state index contributed by atoms with van der Waals surface area (Å²) in [5.74, 6) is 2.33. The minimum atomic E-state index is -0.0376. The van der Waals surface area contributed by atoms with Crippen LogP contribution in [0.15, 0.2) is 49.1 Å². The van der Waals surface area contributed by atoms with E-state index in [9.17, 15) is 4.79 Å².